The van der Waals surface area contributed by atoms with Crippen LogP contribution in [0.25, 0.3) is 11.1 Å². The van der Waals surface area contributed by atoms with Gasteiger partial charge in [0.1, 0.15) is 16.8 Å². The van der Waals surface area contributed by atoms with Gasteiger partial charge in [0.15, 0.2) is 11.5 Å². The Morgan fingerprint density at radius 1 is 1.24 bits per heavy atom. The number of benzene rings is 1. The molecule has 0 unspecified atom stereocenters. The minimum Gasteiger partial charge on any atom is -0.496 e. The van der Waals surface area contributed by atoms with Gasteiger partial charge in [-0.25, -0.2) is 4.98 Å². The molecule has 7 heteroatoms. The van der Waals surface area contributed by atoms with E-state index >= 15 is 0 Å². The lowest BCUT2D eigenvalue weighted by Gasteiger charge is -2.32. The van der Waals surface area contributed by atoms with Crippen LogP contribution in [0, 0.1) is 0 Å². The summed E-state index contributed by atoms with van der Waals surface area (Å²) in [5.74, 6) is 1.04. The summed E-state index contributed by atoms with van der Waals surface area (Å²) in [7, 11) is 1.51. The number of aromatic nitrogens is 2. The van der Waals surface area contributed by atoms with E-state index < -0.39 is 0 Å². The van der Waals surface area contributed by atoms with E-state index in [0.717, 1.165) is 42.5 Å². The summed E-state index contributed by atoms with van der Waals surface area (Å²) >= 11 is 0. The molecular weight excluding hydrogens is 370 g/mol. The molecular formula is C22H23N3O4. The number of carbonyl (C=O) groups excluding carboxylic acids is 1. The molecule has 1 amide bonds. The number of pyridine rings is 1. The highest BCUT2D eigenvalue weighted by molar-refractivity contribution is 5.98. The maximum atomic E-state index is 13.5. The quantitative estimate of drug-likeness (QED) is 0.684. The van der Waals surface area contributed by atoms with Crippen molar-refractivity contribution in [3.05, 3.63) is 57.8 Å². The average molecular weight is 393 g/mol. The Hall–Kier alpha value is -3.09. The minimum atomic E-state index is -0.103. The van der Waals surface area contributed by atoms with Crippen LogP contribution >= 0.6 is 0 Å². The first kappa shape index (κ1) is 18.0. The number of hydrogen-bond acceptors (Lipinski definition) is 5. The smallest absolute Gasteiger partial charge is 0.259 e. The van der Waals surface area contributed by atoms with Gasteiger partial charge < -0.3 is 18.6 Å². The molecule has 0 aliphatic carbocycles. The first-order valence-electron chi connectivity index (χ1n) is 10.1. The molecule has 2 aromatic heterocycles. The van der Waals surface area contributed by atoms with Gasteiger partial charge in [0.25, 0.3) is 11.5 Å². The highest BCUT2D eigenvalue weighted by Crippen LogP contribution is 2.32. The number of nitrogens with zero attached hydrogens (tertiary/aromatic N) is 3. The molecule has 1 fully saturated rings. The molecule has 2 aliphatic rings. The van der Waals surface area contributed by atoms with Gasteiger partial charge in [-0.3, -0.25) is 9.59 Å². The van der Waals surface area contributed by atoms with Gasteiger partial charge in [0, 0.05) is 31.4 Å². The summed E-state index contributed by atoms with van der Waals surface area (Å²) in [5.41, 5.74) is 2.83. The molecule has 5 rings (SSSR count). The molecule has 1 atom stereocenters. The molecule has 0 bridgehead atoms. The van der Waals surface area contributed by atoms with E-state index in [-0.39, 0.29) is 17.4 Å². The molecule has 7 nitrogen and oxygen atoms in total. The Morgan fingerprint density at radius 2 is 2.10 bits per heavy atom. The Bertz CT molecular complexity index is 1110. The van der Waals surface area contributed by atoms with Gasteiger partial charge >= 0.3 is 0 Å². The van der Waals surface area contributed by atoms with Crippen molar-refractivity contribution in [3.63, 3.8) is 0 Å². The van der Waals surface area contributed by atoms with Crippen LogP contribution in [0.15, 0.2) is 39.5 Å². The molecule has 2 aliphatic heterocycles. The van der Waals surface area contributed by atoms with Gasteiger partial charge in [-0.1, -0.05) is 12.1 Å². The third-order valence-corrected chi connectivity index (χ3v) is 5.98. The second-order valence-corrected chi connectivity index (χ2v) is 7.74. The standard InChI is InChI=1S/C22H23N3O4/c1-28-18-12-19(26)25-11-5-8-16(25)20(18)22(27)24-10-4-6-14(13-24)21-23-15-7-2-3-9-17(15)29-21/h2-3,7,9,12,14H,4-6,8,10-11,13H2,1H3/t14-/m1/s1. The Morgan fingerprint density at radius 3 is 2.93 bits per heavy atom. The van der Waals surface area contributed by atoms with E-state index in [2.05, 4.69) is 4.98 Å². The fourth-order valence-electron chi connectivity index (χ4n) is 4.56. The number of methoxy groups -OCH3 is 1. The average Bonchev–Trinajstić information content (AvgIpc) is 3.40. The maximum absolute atomic E-state index is 13.5. The highest BCUT2D eigenvalue weighted by Gasteiger charge is 2.33. The SMILES string of the molecule is COc1cc(=O)n2c(c1C(=O)N1CCC[C@@H](c3nc4ccccc4o3)C1)CCC2. The summed E-state index contributed by atoms with van der Waals surface area (Å²) in [5, 5.41) is 0. The molecule has 3 aromatic rings. The number of para-hydroxylation sites is 2. The van der Waals surface area contributed by atoms with Gasteiger partial charge in [0.2, 0.25) is 0 Å². The highest BCUT2D eigenvalue weighted by atomic mass is 16.5. The number of rotatable bonds is 3. The first-order valence-corrected chi connectivity index (χ1v) is 10.1. The van der Waals surface area contributed by atoms with Gasteiger partial charge in [0.05, 0.1) is 13.0 Å². The van der Waals surface area contributed by atoms with Crippen LogP contribution in [0.5, 0.6) is 5.75 Å². The van der Waals surface area contributed by atoms with Crippen LogP contribution < -0.4 is 10.3 Å². The van der Waals surface area contributed by atoms with Crippen LogP contribution in [0.3, 0.4) is 0 Å². The normalized spacial score (nSPS) is 18.8. The number of fused-ring (bicyclic) bond motifs is 2. The van der Waals surface area contributed by atoms with Crippen LogP contribution in [0.2, 0.25) is 0 Å². The summed E-state index contributed by atoms with van der Waals surface area (Å²) in [6.07, 6.45) is 3.40. The third-order valence-electron chi connectivity index (χ3n) is 5.98. The van der Waals surface area contributed by atoms with Crippen molar-refractivity contribution < 1.29 is 13.9 Å². The Balaban J connectivity index is 1.46. The fraction of sp³-hybridized carbons (Fsp3) is 0.409. The number of piperidine rings is 1. The van der Waals surface area contributed by atoms with Gasteiger partial charge in [-0.05, 0) is 37.8 Å². The lowest BCUT2D eigenvalue weighted by Crippen LogP contribution is -2.40. The summed E-state index contributed by atoms with van der Waals surface area (Å²) in [4.78, 5) is 32.3. The van der Waals surface area contributed by atoms with Crippen molar-refractivity contribution in [2.75, 3.05) is 20.2 Å². The molecule has 29 heavy (non-hydrogen) atoms. The fourth-order valence-corrected chi connectivity index (χ4v) is 4.56. The zero-order valence-corrected chi connectivity index (χ0v) is 16.4. The van der Waals surface area contributed by atoms with Crippen LogP contribution in [0.4, 0.5) is 0 Å². The first-order chi connectivity index (χ1) is 14.2. The molecule has 0 saturated carbocycles. The zero-order chi connectivity index (χ0) is 20.0. The number of likely N-dealkylation sites (tertiary alicyclic amines) is 1. The van der Waals surface area contributed by atoms with Crippen molar-refractivity contribution in [2.45, 2.75) is 38.1 Å². The van der Waals surface area contributed by atoms with Crippen molar-refractivity contribution >= 4 is 17.0 Å². The molecule has 0 radical (unpaired) electrons. The van der Waals surface area contributed by atoms with E-state index in [0.29, 0.717) is 36.8 Å². The number of ether oxygens (including phenoxy) is 1. The molecule has 0 N–H and O–H groups in total. The van der Waals surface area contributed by atoms with Crippen LogP contribution in [0.1, 0.15) is 47.1 Å². The molecule has 0 spiro atoms. The summed E-state index contributed by atoms with van der Waals surface area (Å²) in [6, 6.07) is 9.15. The number of carbonyl (C=O) groups is 1. The van der Waals surface area contributed by atoms with E-state index in [1.165, 1.54) is 13.2 Å². The van der Waals surface area contributed by atoms with Crippen LogP contribution in [-0.4, -0.2) is 40.6 Å². The molecule has 1 saturated heterocycles. The van der Waals surface area contributed by atoms with Crippen molar-refractivity contribution in [2.24, 2.45) is 0 Å². The number of amides is 1. The lowest BCUT2D eigenvalue weighted by atomic mass is 9.97. The predicted molar refractivity (Wildman–Crippen MR) is 107 cm³/mol. The number of oxazole rings is 1. The predicted octanol–water partition coefficient (Wildman–Crippen LogP) is 2.96. The van der Waals surface area contributed by atoms with Crippen molar-refractivity contribution in [1.82, 2.24) is 14.5 Å². The molecule has 4 heterocycles. The van der Waals surface area contributed by atoms with Gasteiger partial charge in [-0.15, -0.1) is 0 Å². The Kier molecular flexibility index (Phi) is 4.38. The van der Waals surface area contributed by atoms with E-state index in [9.17, 15) is 9.59 Å². The number of hydrogen-bond donors (Lipinski definition) is 0. The molecule has 150 valence electrons. The third kappa shape index (κ3) is 3.01. The summed E-state index contributed by atoms with van der Waals surface area (Å²) < 4.78 is 13.1. The van der Waals surface area contributed by atoms with E-state index in [1.807, 2.05) is 29.2 Å². The topological polar surface area (TPSA) is 77.6 Å². The minimum absolute atomic E-state index is 0.0607. The largest absolute Gasteiger partial charge is 0.496 e. The Labute approximate surface area is 167 Å². The zero-order valence-electron chi connectivity index (χ0n) is 16.4. The maximum Gasteiger partial charge on any atom is 0.259 e. The van der Waals surface area contributed by atoms with E-state index in [4.69, 9.17) is 9.15 Å². The second kappa shape index (κ2) is 7.06. The van der Waals surface area contributed by atoms with Gasteiger partial charge in [-0.2, -0.15) is 0 Å². The molecule has 1 aromatic carbocycles. The van der Waals surface area contributed by atoms with Crippen molar-refractivity contribution in [3.8, 4) is 5.75 Å². The lowest BCUT2D eigenvalue weighted by molar-refractivity contribution is 0.0693. The van der Waals surface area contributed by atoms with Crippen molar-refractivity contribution in [1.29, 1.82) is 0 Å². The summed E-state index contributed by atoms with van der Waals surface area (Å²) in [6.45, 7) is 1.88. The monoisotopic (exact) mass is 393 g/mol. The van der Waals surface area contributed by atoms with Crippen LogP contribution in [-0.2, 0) is 13.0 Å². The second-order valence-electron chi connectivity index (χ2n) is 7.74. The van der Waals surface area contributed by atoms with E-state index in [1.54, 1.807) is 4.57 Å².